The van der Waals surface area contributed by atoms with E-state index in [0.29, 0.717) is 19.0 Å². The van der Waals surface area contributed by atoms with Crippen LogP contribution in [0.1, 0.15) is 18.1 Å². The lowest BCUT2D eigenvalue weighted by Gasteiger charge is -2.11. The van der Waals surface area contributed by atoms with Crippen LogP contribution in [0.4, 0.5) is 5.69 Å². The van der Waals surface area contributed by atoms with E-state index in [4.69, 9.17) is 0 Å². The molecule has 0 atom stereocenters. The summed E-state index contributed by atoms with van der Waals surface area (Å²) in [5, 5.41) is 17.2. The second kappa shape index (κ2) is 7.98. The highest BCUT2D eigenvalue weighted by Gasteiger charge is 2.06. The highest BCUT2D eigenvalue weighted by Crippen LogP contribution is 2.12. The predicted octanol–water partition coefficient (Wildman–Crippen LogP) is 2.19. The second-order valence-corrected chi connectivity index (χ2v) is 5.16. The Labute approximate surface area is 135 Å². The quantitative estimate of drug-likeness (QED) is 0.370. The number of nitro groups is 1. The van der Waals surface area contributed by atoms with Crippen LogP contribution in [-0.4, -0.2) is 22.0 Å². The maximum atomic E-state index is 10.8. The Morgan fingerprint density at radius 2 is 2.13 bits per heavy atom. The number of benzene rings is 1. The highest BCUT2D eigenvalue weighted by molar-refractivity contribution is 5.79. The van der Waals surface area contributed by atoms with E-state index in [0.717, 1.165) is 17.7 Å². The van der Waals surface area contributed by atoms with E-state index < -0.39 is 4.92 Å². The molecule has 0 aliphatic heterocycles. The van der Waals surface area contributed by atoms with E-state index >= 15 is 0 Å². The fourth-order valence-corrected chi connectivity index (χ4v) is 2.13. The fourth-order valence-electron chi connectivity index (χ4n) is 2.13. The zero-order valence-corrected chi connectivity index (χ0v) is 13.3. The summed E-state index contributed by atoms with van der Waals surface area (Å²) in [4.78, 5) is 14.9. The molecule has 0 unspecified atom stereocenters. The lowest BCUT2D eigenvalue weighted by atomic mass is 10.2. The number of guanidine groups is 1. The number of aliphatic imine (C=N–C) groups is 1. The Kier molecular flexibility index (Phi) is 5.74. The van der Waals surface area contributed by atoms with E-state index in [2.05, 4.69) is 15.6 Å². The molecular formula is C16H21N5O2. The molecule has 122 valence electrons. The van der Waals surface area contributed by atoms with Crippen LogP contribution >= 0.6 is 0 Å². The SMILES string of the molecule is CCNC(=NCc1ccn(C)c1)NCc1cccc([N+](=O)[O-])c1. The van der Waals surface area contributed by atoms with E-state index in [9.17, 15) is 10.1 Å². The molecule has 7 heteroatoms. The van der Waals surface area contributed by atoms with Gasteiger partial charge >= 0.3 is 0 Å². The van der Waals surface area contributed by atoms with Gasteiger partial charge < -0.3 is 15.2 Å². The van der Waals surface area contributed by atoms with Gasteiger partial charge in [-0.2, -0.15) is 0 Å². The van der Waals surface area contributed by atoms with Crippen LogP contribution in [0.25, 0.3) is 0 Å². The number of hydrogen-bond acceptors (Lipinski definition) is 3. The van der Waals surface area contributed by atoms with Crippen LogP contribution in [0.15, 0.2) is 47.7 Å². The molecule has 0 saturated heterocycles. The van der Waals surface area contributed by atoms with Gasteiger partial charge in [0.1, 0.15) is 0 Å². The molecule has 1 aromatic carbocycles. The number of nitrogens with zero attached hydrogens (tertiary/aromatic N) is 3. The van der Waals surface area contributed by atoms with Crippen molar-refractivity contribution in [1.82, 2.24) is 15.2 Å². The maximum Gasteiger partial charge on any atom is 0.269 e. The maximum absolute atomic E-state index is 10.8. The number of aromatic nitrogens is 1. The molecule has 0 amide bonds. The van der Waals surface area contributed by atoms with Crippen molar-refractivity contribution >= 4 is 11.6 Å². The van der Waals surface area contributed by atoms with E-state index in [1.54, 1.807) is 12.1 Å². The van der Waals surface area contributed by atoms with Crippen molar-refractivity contribution in [1.29, 1.82) is 0 Å². The fraction of sp³-hybridized carbons (Fsp3) is 0.312. The van der Waals surface area contributed by atoms with Crippen LogP contribution in [0.2, 0.25) is 0 Å². The summed E-state index contributed by atoms with van der Waals surface area (Å²) in [5.41, 5.74) is 2.06. The number of hydrogen-bond donors (Lipinski definition) is 2. The molecule has 0 saturated carbocycles. The Balaban J connectivity index is 1.98. The molecule has 0 spiro atoms. The molecule has 1 heterocycles. The zero-order chi connectivity index (χ0) is 16.7. The molecule has 23 heavy (non-hydrogen) atoms. The predicted molar refractivity (Wildman–Crippen MR) is 90.2 cm³/mol. The van der Waals surface area contributed by atoms with Gasteiger partial charge in [-0.25, -0.2) is 4.99 Å². The third kappa shape index (κ3) is 5.14. The molecule has 2 aromatic rings. The van der Waals surface area contributed by atoms with Gasteiger partial charge in [0, 0.05) is 44.7 Å². The third-order valence-electron chi connectivity index (χ3n) is 3.24. The van der Waals surface area contributed by atoms with Gasteiger partial charge in [-0.3, -0.25) is 10.1 Å². The molecule has 0 radical (unpaired) electrons. The van der Waals surface area contributed by atoms with Crippen LogP contribution in [-0.2, 0) is 20.1 Å². The standard InChI is InChI=1S/C16H21N5O2/c1-3-17-16(19-11-14-7-8-20(2)12-14)18-10-13-5-4-6-15(9-13)21(22)23/h4-9,12H,3,10-11H2,1-2H3,(H2,17,18,19). The lowest BCUT2D eigenvalue weighted by Crippen LogP contribution is -2.36. The van der Waals surface area contributed by atoms with E-state index in [-0.39, 0.29) is 5.69 Å². The minimum Gasteiger partial charge on any atom is -0.357 e. The van der Waals surface area contributed by atoms with Crippen LogP contribution in [0.3, 0.4) is 0 Å². The monoisotopic (exact) mass is 315 g/mol. The molecule has 0 fully saturated rings. The first-order valence-corrected chi connectivity index (χ1v) is 7.45. The molecule has 2 N–H and O–H groups in total. The number of non-ortho nitro benzene ring substituents is 1. The van der Waals surface area contributed by atoms with Crippen molar-refractivity contribution in [3.05, 3.63) is 64.0 Å². The molecule has 2 rings (SSSR count). The van der Waals surface area contributed by atoms with Crippen molar-refractivity contribution in [2.75, 3.05) is 6.54 Å². The van der Waals surface area contributed by atoms with E-state index in [1.165, 1.54) is 6.07 Å². The lowest BCUT2D eigenvalue weighted by molar-refractivity contribution is -0.384. The number of rotatable bonds is 6. The van der Waals surface area contributed by atoms with Gasteiger partial charge in [-0.15, -0.1) is 0 Å². The smallest absolute Gasteiger partial charge is 0.269 e. The Bertz CT molecular complexity index is 693. The average Bonchev–Trinajstić information content (AvgIpc) is 2.96. The number of nitrogens with one attached hydrogen (secondary N) is 2. The van der Waals surface area contributed by atoms with Gasteiger partial charge in [-0.1, -0.05) is 12.1 Å². The summed E-state index contributed by atoms with van der Waals surface area (Å²) in [5.74, 6) is 0.683. The van der Waals surface area contributed by atoms with Gasteiger partial charge in [-0.05, 0) is 24.1 Å². The molecule has 7 nitrogen and oxygen atoms in total. The van der Waals surface area contributed by atoms with Crippen LogP contribution in [0.5, 0.6) is 0 Å². The van der Waals surface area contributed by atoms with Crippen molar-refractivity contribution in [2.45, 2.75) is 20.0 Å². The molecule has 0 aliphatic rings. The van der Waals surface area contributed by atoms with Crippen molar-refractivity contribution in [3.8, 4) is 0 Å². The van der Waals surface area contributed by atoms with Crippen LogP contribution < -0.4 is 10.6 Å². The summed E-state index contributed by atoms with van der Waals surface area (Å²) < 4.78 is 1.98. The summed E-state index contributed by atoms with van der Waals surface area (Å²) >= 11 is 0. The Morgan fingerprint density at radius 1 is 1.30 bits per heavy atom. The summed E-state index contributed by atoms with van der Waals surface area (Å²) in [6.45, 7) is 3.79. The van der Waals surface area contributed by atoms with Crippen molar-refractivity contribution in [2.24, 2.45) is 12.0 Å². The first kappa shape index (κ1) is 16.5. The molecule has 1 aromatic heterocycles. The summed E-state index contributed by atoms with van der Waals surface area (Å²) in [6.07, 6.45) is 4.00. The van der Waals surface area contributed by atoms with Crippen molar-refractivity contribution in [3.63, 3.8) is 0 Å². The van der Waals surface area contributed by atoms with Gasteiger partial charge in [0.05, 0.1) is 11.5 Å². The first-order chi connectivity index (χ1) is 11.1. The minimum atomic E-state index is -0.391. The highest BCUT2D eigenvalue weighted by atomic mass is 16.6. The second-order valence-electron chi connectivity index (χ2n) is 5.16. The molecule has 0 aliphatic carbocycles. The Morgan fingerprint density at radius 3 is 2.78 bits per heavy atom. The third-order valence-corrected chi connectivity index (χ3v) is 3.24. The van der Waals surface area contributed by atoms with Gasteiger partial charge in [0.25, 0.3) is 5.69 Å². The minimum absolute atomic E-state index is 0.0931. The number of nitro benzene ring substituents is 1. The largest absolute Gasteiger partial charge is 0.357 e. The zero-order valence-electron chi connectivity index (χ0n) is 13.3. The topological polar surface area (TPSA) is 84.5 Å². The number of aryl methyl sites for hydroxylation is 1. The van der Waals surface area contributed by atoms with Crippen molar-refractivity contribution < 1.29 is 4.92 Å². The molecular weight excluding hydrogens is 294 g/mol. The average molecular weight is 315 g/mol. The summed E-state index contributed by atoms with van der Waals surface area (Å²) in [7, 11) is 1.97. The normalized spacial score (nSPS) is 11.3. The molecule has 0 bridgehead atoms. The van der Waals surface area contributed by atoms with Gasteiger partial charge in [0.15, 0.2) is 5.96 Å². The van der Waals surface area contributed by atoms with E-state index in [1.807, 2.05) is 43.1 Å². The summed E-state index contributed by atoms with van der Waals surface area (Å²) in [6, 6.07) is 8.60. The van der Waals surface area contributed by atoms with Crippen LogP contribution in [0, 0.1) is 10.1 Å². The Hall–Kier alpha value is -2.83. The first-order valence-electron chi connectivity index (χ1n) is 7.45. The van der Waals surface area contributed by atoms with Gasteiger partial charge in [0.2, 0.25) is 0 Å².